The van der Waals surface area contributed by atoms with Gasteiger partial charge in [-0.3, -0.25) is 0 Å². The quantitative estimate of drug-likeness (QED) is 0.694. The topological polar surface area (TPSA) is 107 Å². The molecule has 0 spiro atoms. The van der Waals surface area contributed by atoms with Crippen LogP contribution in [0.5, 0.6) is 0 Å². The van der Waals surface area contributed by atoms with E-state index in [1.165, 1.54) is 24.8 Å². The minimum atomic E-state index is -3.67. The SMILES string of the molecule is Nc1ccn(S(=O)(=O)c2cnc[nH]2)n1. The molecule has 0 amide bonds. The molecule has 2 aromatic rings. The molecule has 0 atom stereocenters. The van der Waals surface area contributed by atoms with Crippen LogP contribution in [0.25, 0.3) is 0 Å². The Hall–Kier alpha value is -1.83. The van der Waals surface area contributed by atoms with Crippen molar-refractivity contribution in [2.24, 2.45) is 0 Å². The van der Waals surface area contributed by atoms with Crippen molar-refractivity contribution in [1.82, 2.24) is 19.2 Å². The highest BCUT2D eigenvalue weighted by molar-refractivity contribution is 7.89. The second-order valence-electron chi connectivity index (χ2n) is 2.53. The van der Waals surface area contributed by atoms with Gasteiger partial charge in [0, 0.05) is 12.3 Å². The molecule has 74 valence electrons. The van der Waals surface area contributed by atoms with E-state index in [9.17, 15) is 8.42 Å². The summed E-state index contributed by atoms with van der Waals surface area (Å²) < 4.78 is 24.2. The van der Waals surface area contributed by atoms with Crippen molar-refractivity contribution in [3.63, 3.8) is 0 Å². The maximum Gasteiger partial charge on any atom is 0.300 e. The van der Waals surface area contributed by atoms with Gasteiger partial charge in [-0.05, 0) is 0 Å². The summed E-state index contributed by atoms with van der Waals surface area (Å²) in [4.78, 5) is 6.10. The van der Waals surface area contributed by atoms with Crippen LogP contribution < -0.4 is 5.73 Å². The predicted octanol–water partition coefficient (Wildman–Crippen LogP) is -0.575. The molecular weight excluding hydrogens is 206 g/mol. The molecule has 0 saturated heterocycles. The van der Waals surface area contributed by atoms with Crippen LogP contribution in [-0.2, 0) is 10.0 Å². The summed E-state index contributed by atoms with van der Waals surface area (Å²) >= 11 is 0. The monoisotopic (exact) mass is 213 g/mol. The van der Waals surface area contributed by atoms with Crippen LogP contribution in [0.2, 0.25) is 0 Å². The lowest BCUT2D eigenvalue weighted by Crippen LogP contribution is -2.14. The van der Waals surface area contributed by atoms with Crippen LogP contribution in [0.15, 0.2) is 29.8 Å². The summed E-state index contributed by atoms with van der Waals surface area (Å²) in [5.41, 5.74) is 5.31. The number of imidazole rings is 1. The zero-order valence-corrected chi connectivity index (χ0v) is 7.77. The Balaban J connectivity index is 2.54. The van der Waals surface area contributed by atoms with Crippen LogP contribution in [-0.4, -0.2) is 27.6 Å². The number of aromatic amines is 1. The second kappa shape index (κ2) is 2.84. The van der Waals surface area contributed by atoms with Gasteiger partial charge < -0.3 is 10.7 Å². The average molecular weight is 213 g/mol. The predicted molar refractivity (Wildman–Crippen MR) is 47.8 cm³/mol. The maximum absolute atomic E-state index is 11.7. The van der Waals surface area contributed by atoms with Crippen molar-refractivity contribution in [2.75, 3.05) is 5.73 Å². The third kappa shape index (κ3) is 1.25. The summed E-state index contributed by atoms with van der Waals surface area (Å²) in [5, 5.41) is 3.57. The zero-order chi connectivity index (χ0) is 10.2. The van der Waals surface area contributed by atoms with Crippen molar-refractivity contribution < 1.29 is 8.42 Å². The Morgan fingerprint density at radius 3 is 2.79 bits per heavy atom. The number of nitrogens with one attached hydrogen (secondary N) is 1. The molecule has 0 radical (unpaired) electrons. The maximum atomic E-state index is 11.7. The number of anilines is 1. The van der Waals surface area contributed by atoms with Crippen molar-refractivity contribution in [1.29, 1.82) is 0 Å². The summed E-state index contributed by atoms with van der Waals surface area (Å²) in [6, 6.07) is 1.40. The normalized spacial score (nSPS) is 11.7. The number of hydrogen-bond donors (Lipinski definition) is 2. The van der Waals surface area contributed by atoms with Crippen LogP contribution in [0.4, 0.5) is 5.82 Å². The highest BCUT2D eigenvalue weighted by Crippen LogP contribution is 2.09. The Morgan fingerprint density at radius 2 is 2.29 bits per heavy atom. The molecular formula is C6H7N5O2S. The molecule has 7 nitrogen and oxygen atoms in total. The van der Waals surface area contributed by atoms with Crippen LogP contribution in [0, 0.1) is 0 Å². The number of nitrogens with zero attached hydrogens (tertiary/aromatic N) is 3. The minimum Gasteiger partial charge on any atom is -0.382 e. The number of rotatable bonds is 2. The van der Waals surface area contributed by atoms with E-state index >= 15 is 0 Å². The first-order valence-corrected chi connectivity index (χ1v) is 5.10. The Labute approximate surface area is 79.6 Å². The lowest BCUT2D eigenvalue weighted by atomic mass is 10.7. The van der Waals surface area contributed by atoms with E-state index in [-0.39, 0.29) is 10.8 Å². The van der Waals surface area contributed by atoms with Gasteiger partial charge in [-0.25, -0.2) is 4.98 Å². The molecule has 2 aromatic heterocycles. The molecule has 0 aliphatic rings. The fraction of sp³-hybridized carbons (Fsp3) is 0. The van der Waals surface area contributed by atoms with E-state index < -0.39 is 10.0 Å². The van der Waals surface area contributed by atoms with E-state index in [0.29, 0.717) is 0 Å². The number of aromatic nitrogens is 4. The molecule has 0 aliphatic heterocycles. The van der Waals surface area contributed by atoms with E-state index in [2.05, 4.69) is 15.1 Å². The van der Waals surface area contributed by atoms with E-state index in [0.717, 1.165) is 4.09 Å². The molecule has 14 heavy (non-hydrogen) atoms. The number of nitrogens with two attached hydrogens (primary N) is 1. The molecule has 3 N–H and O–H groups in total. The highest BCUT2D eigenvalue weighted by atomic mass is 32.2. The molecule has 0 unspecified atom stereocenters. The van der Waals surface area contributed by atoms with E-state index in [4.69, 9.17) is 5.73 Å². The Bertz CT molecular complexity index is 526. The van der Waals surface area contributed by atoms with Gasteiger partial charge in [-0.1, -0.05) is 0 Å². The largest absolute Gasteiger partial charge is 0.382 e. The van der Waals surface area contributed by atoms with Gasteiger partial charge in [-0.15, -0.1) is 5.10 Å². The summed E-state index contributed by atoms with van der Waals surface area (Å²) in [6.45, 7) is 0. The standard InChI is InChI=1S/C6H7N5O2S/c7-5-1-2-11(10-5)14(12,13)6-3-8-4-9-6/h1-4H,(H2,7,10)(H,8,9). The fourth-order valence-corrected chi connectivity index (χ4v) is 1.96. The second-order valence-corrected chi connectivity index (χ2v) is 4.30. The van der Waals surface area contributed by atoms with Crippen molar-refractivity contribution >= 4 is 15.8 Å². The fourth-order valence-electron chi connectivity index (χ4n) is 0.939. The first kappa shape index (κ1) is 8.75. The minimum absolute atomic E-state index is 0.0272. The molecule has 0 saturated carbocycles. The Kier molecular flexibility index (Phi) is 1.78. The molecule has 2 heterocycles. The van der Waals surface area contributed by atoms with Gasteiger partial charge in [0.25, 0.3) is 10.0 Å². The van der Waals surface area contributed by atoms with Gasteiger partial charge in [0.2, 0.25) is 0 Å². The molecule has 8 heteroatoms. The van der Waals surface area contributed by atoms with Crippen LogP contribution >= 0.6 is 0 Å². The van der Waals surface area contributed by atoms with Gasteiger partial charge in [-0.2, -0.15) is 12.5 Å². The Morgan fingerprint density at radius 1 is 1.50 bits per heavy atom. The lowest BCUT2D eigenvalue weighted by Gasteiger charge is -1.99. The lowest BCUT2D eigenvalue weighted by molar-refractivity contribution is 0.577. The van der Waals surface area contributed by atoms with Crippen LogP contribution in [0.1, 0.15) is 0 Å². The first-order chi connectivity index (χ1) is 6.60. The number of hydrogen-bond acceptors (Lipinski definition) is 5. The summed E-state index contributed by atoms with van der Waals surface area (Å²) in [5.74, 6) is 0.146. The molecule has 0 fully saturated rings. The van der Waals surface area contributed by atoms with Crippen molar-refractivity contribution in [2.45, 2.75) is 5.03 Å². The smallest absolute Gasteiger partial charge is 0.300 e. The van der Waals surface area contributed by atoms with Crippen LogP contribution in [0.3, 0.4) is 0 Å². The zero-order valence-electron chi connectivity index (χ0n) is 6.95. The van der Waals surface area contributed by atoms with E-state index in [1.807, 2.05) is 0 Å². The van der Waals surface area contributed by atoms with Crippen molar-refractivity contribution in [3.8, 4) is 0 Å². The average Bonchev–Trinajstić information content (AvgIpc) is 2.72. The first-order valence-electron chi connectivity index (χ1n) is 3.66. The third-order valence-electron chi connectivity index (χ3n) is 1.58. The summed E-state index contributed by atoms with van der Waals surface area (Å²) in [7, 11) is -3.67. The van der Waals surface area contributed by atoms with Gasteiger partial charge in [0.1, 0.15) is 5.82 Å². The van der Waals surface area contributed by atoms with Gasteiger partial charge in [0.15, 0.2) is 5.03 Å². The van der Waals surface area contributed by atoms with Gasteiger partial charge in [0.05, 0.1) is 12.5 Å². The molecule has 2 rings (SSSR count). The molecule has 0 aromatic carbocycles. The summed E-state index contributed by atoms with van der Waals surface area (Å²) in [6.07, 6.45) is 3.75. The third-order valence-corrected chi connectivity index (χ3v) is 3.06. The highest BCUT2D eigenvalue weighted by Gasteiger charge is 2.18. The molecule has 0 bridgehead atoms. The van der Waals surface area contributed by atoms with Gasteiger partial charge >= 0.3 is 0 Å². The number of H-pyrrole nitrogens is 1. The van der Waals surface area contributed by atoms with E-state index in [1.54, 1.807) is 0 Å². The number of nitrogen functional groups attached to an aromatic ring is 1. The molecule has 0 aliphatic carbocycles. The van der Waals surface area contributed by atoms with Crippen molar-refractivity contribution in [3.05, 3.63) is 24.8 Å².